The molecule has 0 saturated carbocycles. The number of carbonyl (C=O) groups excluding carboxylic acids is 2. The normalized spacial score (nSPS) is 13.9. The van der Waals surface area contributed by atoms with Gasteiger partial charge in [0.1, 0.15) is 18.2 Å². The zero-order chi connectivity index (χ0) is 35.1. The SMILES string of the molecule is CCOCCOC(=O)n1nc(NC(=O)c2ccc(CCN(C)C)cc2NC2CCOCC2)c2c(S(=O)(=O)c3cc(F)cc(F)c3)cccc21. The smallest absolute Gasteiger partial charge is 0.435 e. The van der Waals surface area contributed by atoms with Gasteiger partial charge in [0.25, 0.3) is 5.91 Å². The second-order valence-electron chi connectivity index (χ2n) is 11.7. The predicted octanol–water partition coefficient (Wildman–Crippen LogP) is 5.12. The number of benzene rings is 3. The van der Waals surface area contributed by atoms with Crippen molar-refractivity contribution in [2.75, 3.05) is 64.3 Å². The molecule has 1 saturated heterocycles. The molecule has 49 heavy (non-hydrogen) atoms. The van der Waals surface area contributed by atoms with Crippen LogP contribution < -0.4 is 10.6 Å². The van der Waals surface area contributed by atoms with Crippen molar-refractivity contribution in [2.45, 2.75) is 42.0 Å². The number of ether oxygens (including phenoxy) is 3. The van der Waals surface area contributed by atoms with Crippen LogP contribution >= 0.6 is 0 Å². The Balaban J connectivity index is 1.58. The quantitative estimate of drug-likeness (QED) is 0.181. The molecule has 3 aromatic carbocycles. The second-order valence-corrected chi connectivity index (χ2v) is 13.7. The van der Waals surface area contributed by atoms with Crippen molar-refractivity contribution in [3.63, 3.8) is 0 Å². The summed E-state index contributed by atoms with van der Waals surface area (Å²) in [5.41, 5.74) is 1.81. The van der Waals surface area contributed by atoms with Gasteiger partial charge in [0.05, 0.1) is 32.9 Å². The van der Waals surface area contributed by atoms with Gasteiger partial charge in [-0.25, -0.2) is 22.0 Å². The van der Waals surface area contributed by atoms with E-state index >= 15 is 0 Å². The van der Waals surface area contributed by atoms with Crippen molar-refractivity contribution in [3.8, 4) is 0 Å². The lowest BCUT2D eigenvalue weighted by Crippen LogP contribution is -2.29. The van der Waals surface area contributed by atoms with Gasteiger partial charge in [0.15, 0.2) is 5.82 Å². The molecule has 2 heterocycles. The first-order valence-electron chi connectivity index (χ1n) is 15.9. The van der Waals surface area contributed by atoms with Gasteiger partial charge in [0, 0.05) is 44.2 Å². The summed E-state index contributed by atoms with van der Waals surface area (Å²) in [7, 11) is -0.656. The Hall–Kier alpha value is -4.44. The average Bonchev–Trinajstić information content (AvgIpc) is 3.44. The molecule has 1 amide bonds. The fourth-order valence-corrected chi connectivity index (χ4v) is 6.96. The molecule has 4 aromatic rings. The number of hydrogen-bond acceptors (Lipinski definition) is 10. The van der Waals surface area contributed by atoms with Gasteiger partial charge < -0.3 is 29.7 Å². The third-order valence-corrected chi connectivity index (χ3v) is 9.70. The maximum Gasteiger partial charge on any atom is 0.435 e. The molecule has 2 N–H and O–H groups in total. The van der Waals surface area contributed by atoms with Crippen LogP contribution in [0.5, 0.6) is 0 Å². The van der Waals surface area contributed by atoms with E-state index in [0.29, 0.717) is 43.7 Å². The Morgan fingerprint density at radius 3 is 2.47 bits per heavy atom. The molecule has 1 aromatic heterocycles. The van der Waals surface area contributed by atoms with E-state index in [1.807, 2.05) is 26.2 Å². The van der Waals surface area contributed by atoms with Crippen LogP contribution in [-0.2, 0) is 30.5 Å². The first-order chi connectivity index (χ1) is 23.5. The Kier molecular flexibility index (Phi) is 11.6. The number of anilines is 2. The highest BCUT2D eigenvalue weighted by Crippen LogP contribution is 2.35. The van der Waals surface area contributed by atoms with Gasteiger partial charge in [-0.2, -0.15) is 4.68 Å². The number of likely N-dealkylation sites (N-methyl/N-ethyl adjacent to an activating group) is 1. The molecule has 0 bridgehead atoms. The molecular weight excluding hydrogens is 660 g/mol. The second kappa shape index (κ2) is 15.8. The summed E-state index contributed by atoms with van der Waals surface area (Å²) in [4.78, 5) is 28.2. The highest BCUT2D eigenvalue weighted by Gasteiger charge is 2.29. The van der Waals surface area contributed by atoms with Crippen LogP contribution in [-0.4, -0.2) is 94.8 Å². The number of amides is 1. The van der Waals surface area contributed by atoms with E-state index < -0.39 is 43.3 Å². The molecule has 0 radical (unpaired) electrons. The average molecular weight is 700 g/mol. The molecule has 0 aliphatic carbocycles. The van der Waals surface area contributed by atoms with Crippen LogP contribution in [0.4, 0.5) is 25.1 Å². The number of nitrogens with zero attached hydrogens (tertiary/aromatic N) is 3. The Morgan fingerprint density at radius 1 is 1.04 bits per heavy atom. The number of sulfone groups is 1. The van der Waals surface area contributed by atoms with Gasteiger partial charge in [-0.3, -0.25) is 4.79 Å². The predicted molar refractivity (Wildman–Crippen MR) is 179 cm³/mol. The van der Waals surface area contributed by atoms with Crippen LogP contribution in [0.1, 0.15) is 35.7 Å². The topological polar surface area (TPSA) is 141 Å². The Morgan fingerprint density at radius 2 is 1.78 bits per heavy atom. The van der Waals surface area contributed by atoms with Crippen molar-refractivity contribution >= 4 is 44.2 Å². The molecule has 262 valence electrons. The molecule has 0 atom stereocenters. The highest BCUT2D eigenvalue weighted by atomic mass is 32.2. The molecule has 15 heteroatoms. The lowest BCUT2D eigenvalue weighted by atomic mass is 10.0. The minimum absolute atomic E-state index is 0.0192. The van der Waals surface area contributed by atoms with Gasteiger partial charge in [0.2, 0.25) is 9.84 Å². The zero-order valence-corrected chi connectivity index (χ0v) is 28.3. The van der Waals surface area contributed by atoms with E-state index in [1.54, 1.807) is 13.0 Å². The Labute approximate surface area is 283 Å². The van der Waals surface area contributed by atoms with Crippen LogP contribution in [0.15, 0.2) is 64.4 Å². The van der Waals surface area contributed by atoms with Crippen LogP contribution in [0, 0.1) is 11.6 Å². The first-order valence-corrected chi connectivity index (χ1v) is 17.4. The summed E-state index contributed by atoms with van der Waals surface area (Å²) >= 11 is 0. The van der Waals surface area contributed by atoms with E-state index in [0.717, 1.165) is 36.1 Å². The number of carbonyl (C=O) groups is 2. The van der Waals surface area contributed by atoms with Gasteiger partial charge >= 0.3 is 6.09 Å². The van der Waals surface area contributed by atoms with Crippen molar-refractivity contribution in [3.05, 3.63) is 77.4 Å². The molecule has 1 aliphatic heterocycles. The summed E-state index contributed by atoms with van der Waals surface area (Å²) in [5.74, 6) is -3.08. The molecular formula is C34H39F2N5O7S. The maximum atomic E-state index is 14.2. The Bertz CT molecular complexity index is 1910. The van der Waals surface area contributed by atoms with E-state index in [1.165, 1.54) is 18.2 Å². The van der Waals surface area contributed by atoms with Crippen LogP contribution in [0.2, 0.25) is 0 Å². The molecule has 0 unspecified atom stereocenters. The lowest BCUT2D eigenvalue weighted by Gasteiger charge is -2.25. The fraction of sp³-hybridized carbons (Fsp3) is 0.382. The van der Waals surface area contributed by atoms with Crippen LogP contribution in [0.3, 0.4) is 0 Å². The largest absolute Gasteiger partial charge is 0.445 e. The number of halogens is 2. The van der Waals surface area contributed by atoms with Gasteiger partial charge in [-0.1, -0.05) is 12.1 Å². The number of hydrogen-bond donors (Lipinski definition) is 2. The number of nitrogens with one attached hydrogen (secondary N) is 2. The van der Waals surface area contributed by atoms with Crippen molar-refractivity contribution < 1.29 is 41.0 Å². The fourth-order valence-electron chi connectivity index (χ4n) is 5.45. The third-order valence-electron chi connectivity index (χ3n) is 7.92. The molecule has 5 rings (SSSR count). The number of aromatic nitrogens is 2. The highest BCUT2D eigenvalue weighted by molar-refractivity contribution is 7.91. The third kappa shape index (κ3) is 8.60. The standard InChI is InChI=1S/C34H39F2N5O7S/c1-4-46-16-17-48-34(43)41-29-6-5-7-30(49(44,45)26-20-23(35)19-24(36)21-26)31(29)32(39-41)38-33(42)27-9-8-22(10-13-40(2)3)18-28(27)37-25-11-14-47-15-12-25/h5-9,18-21,25,37H,4,10-17H2,1-3H3,(H,38,39,42). The zero-order valence-electron chi connectivity index (χ0n) is 27.5. The van der Waals surface area contributed by atoms with Crippen molar-refractivity contribution in [2.24, 2.45) is 0 Å². The van der Waals surface area contributed by atoms with E-state index in [9.17, 15) is 26.8 Å². The van der Waals surface area contributed by atoms with Crippen molar-refractivity contribution in [1.82, 2.24) is 14.7 Å². The number of rotatable bonds is 13. The molecule has 0 spiro atoms. The summed E-state index contributed by atoms with van der Waals surface area (Å²) < 4.78 is 72.9. The lowest BCUT2D eigenvalue weighted by molar-refractivity contribution is 0.0786. The van der Waals surface area contributed by atoms with Crippen molar-refractivity contribution in [1.29, 1.82) is 0 Å². The molecule has 1 aliphatic rings. The minimum atomic E-state index is -4.60. The van der Waals surface area contributed by atoms with Gasteiger partial charge in [-0.15, -0.1) is 5.10 Å². The maximum absolute atomic E-state index is 14.2. The molecule has 12 nitrogen and oxygen atoms in total. The van der Waals surface area contributed by atoms with Gasteiger partial charge in [-0.05, 0) is 82.2 Å². The first kappa shape index (κ1) is 35.9. The monoisotopic (exact) mass is 699 g/mol. The summed E-state index contributed by atoms with van der Waals surface area (Å²) in [5, 5.41) is 10.3. The van der Waals surface area contributed by atoms with E-state index in [-0.39, 0.29) is 41.5 Å². The molecule has 1 fully saturated rings. The van der Waals surface area contributed by atoms with Crippen LogP contribution in [0.25, 0.3) is 10.9 Å². The van der Waals surface area contributed by atoms with E-state index in [2.05, 4.69) is 20.6 Å². The minimum Gasteiger partial charge on any atom is -0.445 e. The summed E-state index contributed by atoms with van der Waals surface area (Å²) in [6, 6.07) is 11.4. The van der Waals surface area contributed by atoms with E-state index in [4.69, 9.17) is 14.2 Å². The summed E-state index contributed by atoms with van der Waals surface area (Å²) in [6.07, 6.45) is 1.26. The number of fused-ring (bicyclic) bond motifs is 1. The summed E-state index contributed by atoms with van der Waals surface area (Å²) in [6.45, 7) is 4.14.